The third kappa shape index (κ3) is 3.11. The van der Waals surface area contributed by atoms with Crippen molar-refractivity contribution < 1.29 is 9.18 Å². The molecule has 1 aromatic carbocycles. The molecular weight excluding hydrogens is 287 g/mol. The van der Waals surface area contributed by atoms with Crippen LogP contribution >= 0.6 is 22.9 Å². The Kier molecular flexibility index (Phi) is 4.17. The summed E-state index contributed by atoms with van der Waals surface area (Å²) in [6, 6.07) is 4.12. The number of rotatable bonds is 3. The zero-order valence-corrected chi connectivity index (χ0v) is 12.0. The van der Waals surface area contributed by atoms with Crippen molar-refractivity contribution in [3.8, 4) is 0 Å². The zero-order chi connectivity index (χ0) is 14.0. The van der Waals surface area contributed by atoms with Crippen molar-refractivity contribution in [2.75, 3.05) is 5.32 Å². The molecule has 0 radical (unpaired) electrons. The smallest absolute Gasteiger partial charge is 0.261 e. The first-order chi connectivity index (χ1) is 8.99. The molecular formula is C13H12ClFN2OS. The summed E-state index contributed by atoms with van der Waals surface area (Å²) >= 11 is 7.13. The van der Waals surface area contributed by atoms with Crippen molar-refractivity contribution in [3.63, 3.8) is 0 Å². The van der Waals surface area contributed by atoms with Crippen LogP contribution in [0.1, 0.15) is 35.8 Å². The van der Waals surface area contributed by atoms with Crippen LogP contribution in [0.25, 0.3) is 0 Å². The van der Waals surface area contributed by atoms with Crippen LogP contribution in [-0.2, 0) is 0 Å². The van der Waals surface area contributed by atoms with Gasteiger partial charge >= 0.3 is 0 Å². The quantitative estimate of drug-likeness (QED) is 0.917. The van der Waals surface area contributed by atoms with E-state index < -0.39 is 11.7 Å². The van der Waals surface area contributed by atoms with E-state index in [9.17, 15) is 9.18 Å². The predicted octanol–water partition coefficient (Wildman–Crippen LogP) is 4.31. The van der Waals surface area contributed by atoms with Crippen LogP contribution in [0.4, 0.5) is 9.52 Å². The van der Waals surface area contributed by atoms with Gasteiger partial charge < -0.3 is 0 Å². The molecule has 0 saturated carbocycles. The van der Waals surface area contributed by atoms with Crippen molar-refractivity contribution in [2.24, 2.45) is 0 Å². The van der Waals surface area contributed by atoms with Gasteiger partial charge in [-0.25, -0.2) is 9.37 Å². The molecule has 1 amide bonds. The molecule has 1 N–H and O–H groups in total. The third-order valence-corrected chi connectivity index (χ3v) is 3.61. The molecule has 19 heavy (non-hydrogen) atoms. The van der Waals surface area contributed by atoms with E-state index in [1.165, 1.54) is 29.5 Å². The standard InChI is InChI=1S/C13H12ClFN2OS/c1-7(2)10-6-19-13(16-10)17-12(18)11-8(14)4-3-5-9(11)15/h3-7H,1-2H3,(H,16,17,18). The van der Waals surface area contributed by atoms with Gasteiger partial charge in [0.05, 0.1) is 16.3 Å². The van der Waals surface area contributed by atoms with Crippen LogP contribution in [0.3, 0.4) is 0 Å². The van der Waals surface area contributed by atoms with Crippen molar-refractivity contribution >= 4 is 34.0 Å². The highest BCUT2D eigenvalue weighted by Gasteiger charge is 2.17. The van der Waals surface area contributed by atoms with Crippen molar-refractivity contribution in [2.45, 2.75) is 19.8 Å². The molecule has 1 heterocycles. The molecule has 0 spiro atoms. The number of nitrogens with one attached hydrogen (secondary N) is 1. The summed E-state index contributed by atoms with van der Waals surface area (Å²) < 4.78 is 13.6. The molecule has 0 aliphatic carbocycles. The van der Waals surface area contributed by atoms with E-state index in [-0.39, 0.29) is 16.5 Å². The number of carbonyl (C=O) groups excluding carboxylic acids is 1. The van der Waals surface area contributed by atoms with Crippen LogP contribution < -0.4 is 5.32 Å². The van der Waals surface area contributed by atoms with Gasteiger partial charge in [-0.15, -0.1) is 11.3 Å². The summed E-state index contributed by atoms with van der Waals surface area (Å²) in [4.78, 5) is 16.2. The first kappa shape index (κ1) is 14.0. The minimum absolute atomic E-state index is 0.0816. The summed E-state index contributed by atoms with van der Waals surface area (Å²) in [6.45, 7) is 4.02. The van der Waals surface area contributed by atoms with Crippen LogP contribution in [0.5, 0.6) is 0 Å². The second kappa shape index (κ2) is 5.67. The van der Waals surface area contributed by atoms with Gasteiger partial charge in [-0.1, -0.05) is 31.5 Å². The van der Waals surface area contributed by atoms with Gasteiger partial charge in [-0.3, -0.25) is 10.1 Å². The largest absolute Gasteiger partial charge is 0.298 e. The number of amides is 1. The van der Waals surface area contributed by atoms with Gasteiger partial charge in [-0.05, 0) is 18.1 Å². The zero-order valence-electron chi connectivity index (χ0n) is 10.4. The predicted molar refractivity (Wildman–Crippen MR) is 75.6 cm³/mol. The number of carbonyl (C=O) groups is 1. The number of anilines is 1. The Hall–Kier alpha value is -1.46. The second-order valence-electron chi connectivity index (χ2n) is 4.28. The Morgan fingerprint density at radius 2 is 2.21 bits per heavy atom. The summed E-state index contributed by atoms with van der Waals surface area (Å²) in [6.07, 6.45) is 0. The monoisotopic (exact) mass is 298 g/mol. The number of halogens is 2. The lowest BCUT2D eigenvalue weighted by atomic mass is 10.2. The molecule has 0 saturated heterocycles. The van der Waals surface area contributed by atoms with Crippen molar-refractivity contribution in [1.82, 2.24) is 4.98 Å². The maximum absolute atomic E-state index is 13.6. The van der Waals surface area contributed by atoms with Gasteiger partial charge in [0.2, 0.25) is 0 Å². The molecule has 0 bridgehead atoms. The first-order valence-electron chi connectivity index (χ1n) is 5.70. The molecule has 3 nitrogen and oxygen atoms in total. The summed E-state index contributed by atoms with van der Waals surface area (Å²) in [5.74, 6) is -0.961. The van der Waals surface area contributed by atoms with E-state index >= 15 is 0 Å². The number of benzene rings is 1. The van der Waals surface area contributed by atoms with E-state index in [1.54, 1.807) is 0 Å². The number of aromatic nitrogens is 1. The average molecular weight is 299 g/mol. The molecule has 0 atom stereocenters. The Balaban J connectivity index is 2.21. The summed E-state index contributed by atoms with van der Waals surface area (Å²) in [5, 5.41) is 4.94. The van der Waals surface area contributed by atoms with Gasteiger partial charge in [0, 0.05) is 5.38 Å². The lowest BCUT2D eigenvalue weighted by Crippen LogP contribution is -2.14. The molecule has 2 rings (SSSR count). The molecule has 2 aromatic rings. The molecule has 0 unspecified atom stereocenters. The van der Waals surface area contributed by atoms with E-state index in [0.29, 0.717) is 5.13 Å². The van der Waals surface area contributed by atoms with E-state index in [2.05, 4.69) is 10.3 Å². The van der Waals surface area contributed by atoms with E-state index in [1.807, 2.05) is 19.2 Å². The highest BCUT2D eigenvalue weighted by molar-refractivity contribution is 7.14. The Morgan fingerprint density at radius 1 is 1.47 bits per heavy atom. The van der Waals surface area contributed by atoms with Gasteiger partial charge in [0.25, 0.3) is 5.91 Å². The Bertz CT molecular complexity index is 592. The highest BCUT2D eigenvalue weighted by atomic mass is 35.5. The summed E-state index contributed by atoms with van der Waals surface area (Å²) in [7, 11) is 0. The normalized spacial score (nSPS) is 10.8. The molecule has 100 valence electrons. The first-order valence-corrected chi connectivity index (χ1v) is 6.95. The maximum Gasteiger partial charge on any atom is 0.261 e. The number of thiazole rings is 1. The number of hydrogen-bond acceptors (Lipinski definition) is 3. The van der Waals surface area contributed by atoms with Gasteiger partial charge in [0.1, 0.15) is 5.82 Å². The molecule has 0 aliphatic heterocycles. The molecule has 6 heteroatoms. The van der Waals surface area contributed by atoms with Crippen LogP contribution in [0, 0.1) is 5.82 Å². The summed E-state index contributed by atoms with van der Waals surface area (Å²) in [5.41, 5.74) is 0.727. The van der Waals surface area contributed by atoms with Crippen molar-refractivity contribution in [1.29, 1.82) is 0 Å². The van der Waals surface area contributed by atoms with E-state index in [0.717, 1.165) is 5.69 Å². The SMILES string of the molecule is CC(C)c1csc(NC(=O)c2c(F)cccc2Cl)n1. The van der Waals surface area contributed by atoms with Crippen LogP contribution in [0.15, 0.2) is 23.6 Å². The second-order valence-corrected chi connectivity index (χ2v) is 5.55. The molecule has 1 aromatic heterocycles. The maximum atomic E-state index is 13.6. The molecule has 0 aliphatic rings. The van der Waals surface area contributed by atoms with Crippen molar-refractivity contribution in [3.05, 3.63) is 45.7 Å². The highest BCUT2D eigenvalue weighted by Crippen LogP contribution is 2.24. The van der Waals surface area contributed by atoms with E-state index in [4.69, 9.17) is 11.6 Å². The van der Waals surface area contributed by atoms with Gasteiger partial charge in [0.15, 0.2) is 5.13 Å². The van der Waals surface area contributed by atoms with Crippen LogP contribution in [-0.4, -0.2) is 10.9 Å². The lowest BCUT2D eigenvalue weighted by molar-refractivity contribution is 0.102. The number of nitrogens with zero attached hydrogens (tertiary/aromatic N) is 1. The Labute approximate surface area is 119 Å². The van der Waals surface area contributed by atoms with Gasteiger partial charge in [-0.2, -0.15) is 0 Å². The average Bonchev–Trinajstić information content (AvgIpc) is 2.77. The fourth-order valence-corrected chi connectivity index (χ4v) is 2.60. The molecule has 0 fully saturated rings. The number of hydrogen-bond donors (Lipinski definition) is 1. The minimum atomic E-state index is -0.648. The minimum Gasteiger partial charge on any atom is -0.298 e. The Morgan fingerprint density at radius 3 is 2.79 bits per heavy atom. The third-order valence-electron chi connectivity index (χ3n) is 2.52. The lowest BCUT2D eigenvalue weighted by Gasteiger charge is -2.05. The fourth-order valence-electron chi connectivity index (χ4n) is 1.48. The van der Waals surface area contributed by atoms with Crippen LogP contribution in [0.2, 0.25) is 5.02 Å². The fraction of sp³-hybridized carbons (Fsp3) is 0.231. The topological polar surface area (TPSA) is 42.0 Å².